The largest absolute Gasteiger partial charge is 0.381 e. The minimum Gasteiger partial charge on any atom is -0.381 e. The summed E-state index contributed by atoms with van der Waals surface area (Å²) in [5.74, 6) is -0.308. The zero-order valence-electron chi connectivity index (χ0n) is 12.2. The second-order valence-electron chi connectivity index (χ2n) is 4.70. The van der Waals surface area contributed by atoms with E-state index >= 15 is 0 Å². The topological polar surface area (TPSA) is 50.2 Å². The molecular formula is C15H19FN4O. The van der Waals surface area contributed by atoms with Gasteiger partial charge in [0.2, 0.25) is 0 Å². The summed E-state index contributed by atoms with van der Waals surface area (Å²) in [6, 6.07) is 7.99. The Morgan fingerprint density at radius 1 is 1.38 bits per heavy atom. The third-order valence-electron chi connectivity index (χ3n) is 3.28. The molecule has 6 heteroatoms. The van der Waals surface area contributed by atoms with Crippen LogP contribution in [0.4, 0.5) is 15.8 Å². The number of benzene rings is 1. The molecule has 0 unspecified atom stereocenters. The van der Waals surface area contributed by atoms with Crippen LogP contribution in [0, 0.1) is 5.82 Å². The number of rotatable bonds is 6. The number of aromatic nitrogens is 2. The van der Waals surface area contributed by atoms with E-state index < -0.39 is 0 Å². The maximum atomic E-state index is 13.4. The normalized spacial score (nSPS) is 10.4. The van der Waals surface area contributed by atoms with Crippen molar-refractivity contribution in [2.24, 2.45) is 0 Å². The van der Waals surface area contributed by atoms with Gasteiger partial charge in [0.15, 0.2) is 0 Å². The van der Waals surface area contributed by atoms with Gasteiger partial charge in [-0.1, -0.05) is 12.1 Å². The van der Waals surface area contributed by atoms with Crippen molar-refractivity contribution in [3.63, 3.8) is 0 Å². The zero-order chi connectivity index (χ0) is 15.2. The van der Waals surface area contributed by atoms with Crippen molar-refractivity contribution in [2.45, 2.75) is 13.5 Å². The Kier molecular flexibility index (Phi) is 4.92. The summed E-state index contributed by atoms with van der Waals surface area (Å²) >= 11 is 0. The number of halogens is 1. The zero-order valence-corrected chi connectivity index (χ0v) is 12.2. The van der Waals surface area contributed by atoms with Crippen molar-refractivity contribution in [3.05, 3.63) is 52.7 Å². The first kappa shape index (κ1) is 15.0. The van der Waals surface area contributed by atoms with E-state index in [9.17, 15) is 9.18 Å². The molecule has 5 nitrogen and oxygen atoms in total. The number of hydrogen-bond donors (Lipinski definition) is 1. The van der Waals surface area contributed by atoms with Gasteiger partial charge < -0.3 is 10.2 Å². The minimum atomic E-state index is -0.308. The van der Waals surface area contributed by atoms with Crippen molar-refractivity contribution in [3.8, 4) is 0 Å². The molecule has 112 valence electrons. The van der Waals surface area contributed by atoms with Gasteiger partial charge in [-0.15, -0.1) is 0 Å². The molecule has 0 aliphatic rings. The third-order valence-corrected chi connectivity index (χ3v) is 3.28. The number of anilines is 2. The summed E-state index contributed by atoms with van der Waals surface area (Å²) < 4.78 is 14.8. The fourth-order valence-corrected chi connectivity index (χ4v) is 1.88. The molecule has 2 aromatic rings. The first-order valence-corrected chi connectivity index (χ1v) is 6.88. The molecule has 0 radical (unpaired) electrons. The lowest BCUT2D eigenvalue weighted by Crippen LogP contribution is -2.27. The first-order valence-electron chi connectivity index (χ1n) is 6.88. The predicted octanol–water partition coefficient (Wildman–Crippen LogP) is 1.95. The maximum absolute atomic E-state index is 13.4. The third kappa shape index (κ3) is 3.81. The van der Waals surface area contributed by atoms with Gasteiger partial charge >= 0.3 is 0 Å². The quantitative estimate of drug-likeness (QED) is 0.883. The summed E-state index contributed by atoms with van der Waals surface area (Å²) in [6.07, 6.45) is 1.66. The van der Waals surface area contributed by atoms with Gasteiger partial charge in [-0.3, -0.25) is 4.79 Å². The lowest BCUT2D eigenvalue weighted by molar-refractivity contribution is 0.591. The number of hydrogen-bond acceptors (Lipinski definition) is 4. The van der Waals surface area contributed by atoms with Crippen LogP contribution >= 0.6 is 0 Å². The Morgan fingerprint density at radius 3 is 2.81 bits per heavy atom. The highest BCUT2D eigenvalue weighted by Gasteiger charge is 2.04. The molecular weight excluding hydrogens is 271 g/mol. The molecule has 0 atom stereocenters. The highest BCUT2D eigenvalue weighted by atomic mass is 19.1. The molecule has 1 aromatic heterocycles. The van der Waals surface area contributed by atoms with Crippen molar-refractivity contribution < 1.29 is 4.39 Å². The van der Waals surface area contributed by atoms with Crippen molar-refractivity contribution in [1.82, 2.24) is 9.78 Å². The van der Waals surface area contributed by atoms with Crippen LogP contribution in [0.15, 0.2) is 41.3 Å². The van der Waals surface area contributed by atoms with E-state index in [1.165, 1.54) is 10.7 Å². The van der Waals surface area contributed by atoms with Gasteiger partial charge in [0.05, 0.1) is 24.1 Å². The fourth-order valence-electron chi connectivity index (χ4n) is 1.88. The monoisotopic (exact) mass is 290 g/mol. The van der Waals surface area contributed by atoms with E-state index in [4.69, 9.17) is 0 Å². The van der Waals surface area contributed by atoms with E-state index in [0.717, 1.165) is 12.2 Å². The Hall–Kier alpha value is -2.37. The van der Waals surface area contributed by atoms with Gasteiger partial charge in [-0.2, -0.15) is 5.10 Å². The highest BCUT2D eigenvalue weighted by molar-refractivity contribution is 5.44. The molecule has 0 aliphatic carbocycles. The van der Waals surface area contributed by atoms with Crippen molar-refractivity contribution in [2.75, 3.05) is 30.4 Å². The highest BCUT2D eigenvalue weighted by Crippen LogP contribution is 2.11. The van der Waals surface area contributed by atoms with E-state index in [0.29, 0.717) is 18.8 Å². The van der Waals surface area contributed by atoms with Crippen molar-refractivity contribution >= 4 is 11.4 Å². The Bertz CT molecular complexity index is 656. The molecule has 0 bridgehead atoms. The average Bonchev–Trinajstić information content (AvgIpc) is 2.50. The van der Waals surface area contributed by atoms with Crippen molar-refractivity contribution in [1.29, 1.82) is 0 Å². The lowest BCUT2D eigenvalue weighted by Gasteiger charge is -2.16. The van der Waals surface area contributed by atoms with Gasteiger partial charge in [-0.25, -0.2) is 9.07 Å². The predicted molar refractivity (Wildman–Crippen MR) is 82.3 cm³/mol. The Labute approximate surface area is 123 Å². The van der Waals surface area contributed by atoms with E-state index in [-0.39, 0.29) is 11.4 Å². The molecule has 0 saturated carbocycles. The first-order chi connectivity index (χ1) is 10.1. The van der Waals surface area contributed by atoms with Crippen LogP contribution in [0.1, 0.15) is 6.92 Å². The minimum absolute atomic E-state index is 0.164. The Balaban J connectivity index is 1.98. The fraction of sp³-hybridized carbons (Fsp3) is 0.333. The van der Waals surface area contributed by atoms with Crippen LogP contribution in [0.25, 0.3) is 0 Å². The van der Waals surface area contributed by atoms with Gasteiger partial charge in [0, 0.05) is 26.2 Å². The molecule has 1 N–H and O–H groups in total. The van der Waals surface area contributed by atoms with Crippen LogP contribution in [0.3, 0.4) is 0 Å². The Morgan fingerprint density at radius 2 is 2.14 bits per heavy atom. The number of nitrogens with zero attached hydrogens (tertiary/aromatic N) is 3. The molecule has 0 fully saturated rings. The molecule has 0 spiro atoms. The van der Waals surface area contributed by atoms with E-state index in [1.54, 1.807) is 30.5 Å². The summed E-state index contributed by atoms with van der Waals surface area (Å²) in [7, 11) is 1.90. The molecule has 0 saturated heterocycles. The summed E-state index contributed by atoms with van der Waals surface area (Å²) in [5.41, 5.74) is 1.05. The summed E-state index contributed by atoms with van der Waals surface area (Å²) in [6.45, 7) is 3.62. The molecule has 2 rings (SSSR count). The number of para-hydroxylation sites is 1. The smallest absolute Gasteiger partial charge is 0.268 e. The van der Waals surface area contributed by atoms with Crippen LogP contribution in [0.2, 0.25) is 0 Å². The molecule has 21 heavy (non-hydrogen) atoms. The van der Waals surface area contributed by atoms with Crippen LogP contribution in [0.5, 0.6) is 0 Å². The van der Waals surface area contributed by atoms with E-state index in [1.807, 2.05) is 18.9 Å². The molecule has 0 amide bonds. The summed E-state index contributed by atoms with van der Waals surface area (Å²) in [5, 5.41) is 7.08. The number of nitrogens with one attached hydrogen (secondary N) is 1. The second kappa shape index (κ2) is 6.88. The standard InChI is InChI=1S/C15H19FN4O/c1-3-19(2)12-10-15(21)20(18-11-12)9-8-17-14-7-5-4-6-13(14)16/h4-7,10-11,17H,3,8-9H2,1-2H3. The second-order valence-corrected chi connectivity index (χ2v) is 4.70. The van der Waals surface area contributed by atoms with Gasteiger partial charge in [0.25, 0.3) is 5.56 Å². The van der Waals surface area contributed by atoms with Gasteiger partial charge in [0.1, 0.15) is 5.82 Å². The molecule has 1 aromatic carbocycles. The maximum Gasteiger partial charge on any atom is 0.268 e. The average molecular weight is 290 g/mol. The van der Waals surface area contributed by atoms with Crippen LogP contribution in [-0.4, -0.2) is 29.9 Å². The van der Waals surface area contributed by atoms with Crippen LogP contribution in [-0.2, 0) is 6.54 Å². The summed E-state index contributed by atoms with van der Waals surface area (Å²) in [4.78, 5) is 13.9. The lowest BCUT2D eigenvalue weighted by atomic mass is 10.3. The molecule has 0 aliphatic heterocycles. The van der Waals surface area contributed by atoms with E-state index in [2.05, 4.69) is 10.4 Å². The SMILES string of the molecule is CCN(C)c1cnn(CCNc2ccccc2F)c(=O)c1. The van der Waals surface area contributed by atoms with Gasteiger partial charge in [-0.05, 0) is 19.1 Å². The van der Waals surface area contributed by atoms with Crippen LogP contribution < -0.4 is 15.8 Å². The molecule has 1 heterocycles.